The Bertz CT molecular complexity index is 413. The fraction of sp³-hybridized carbons (Fsp3) is 0.667. The lowest BCUT2D eigenvalue weighted by Crippen LogP contribution is -2.31. The van der Waals surface area contributed by atoms with Crippen molar-refractivity contribution in [3.63, 3.8) is 0 Å². The van der Waals surface area contributed by atoms with Crippen LogP contribution in [0.5, 0.6) is 0 Å². The largest absolute Gasteiger partial charge is 0.314 e. The molecule has 1 heterocycles. The van der Waals surface area contributed by atoms with Crippen LogP contribution in [0.15, 0.2) is 16.8 Å². The molecule has 0 saturated carbocycles. The highest BCUT2D eigenvalue weighted by Crippen LogP contribution is 2.05. The van der Waals surface area contributed by atoms with Gasteiger partial charge in [0.1, 0.15) is 0 Å². The normalized spacial score (nSPS) is 12.2. The topological polar surface area (TPSA) is 58.2 Å². The van der Waals surface area contributed by atoms with Crippen molar-refractivity contribution in [2.45, 2.75) is 32.7 Å². The van der Waals surface area contributed by atoms with Gasteiger partial charge in [-0.25, -0.2) is 13.1 Å². The Morgan fingerprint density at radius 3 is 2.72 bits per heavy atom. The Kier molecular flexibility index (Phi) is 6.85. The highest BCUT2D eigenvalue weighted by molar-refractivity contribution is 7.89. The lowest BCUT2D eigenvalue weighted by atomic mass is 10.2. The molecule has 0 unspecified atom stereocenters. The minimum atomic E-state index is -3.12. The number of rotatable bonds is 9. The van der Waals surface area contributed by atoms with Gasteiger partial charge in [0.15, 0.2) is 0 Å². The summed E-state index contributed by atoms with van der Waals surface area (Å²) >= 11 is 1.63. The zero-order chi connectivity index (χ0) is 13.4. The van der Waals surface area contributed by atoms with Crippen molar-refractivity contribution < 1.29 is 8.42 Å². The number of thiophene rings is 1. The highest BCUT2D eigenvalue weighted by Gasteiger charge is 2.09. The monoisotopic (exact) mass is 290 g/mol. The Hall–Kier alpha value is -0.430. The van der Waals surface area contributed by atoms with Gasteiger partial charge < -0.3 is 5.32 Å². The van der Waals surface area contributed by atoms with E-state index in [1.54, 1.807) is 11.3 Å². The summed E-state index contributed by atoms with van der Waals surface area (Å²) in [5, 5.41) is 7.25. The number of nitrogens with one attached hydrogen (secondary N) is 2. The summed E-state index contributed by atoms with van der Waals surface area (Å²) in [7, 11) is -3.12. The Morgan fingerprint density at radius 2 is 2.11 bits per heavy atom. The maximum Gasteiger partial charge on any atom is 0.211 e. The first-order valence-electron chi connectivity index (χ1n) is 6.21. The van der Waals surface area contributed by atoms with E-state index in [1.165, 1.54) is 5.56 Å². The van der Waals surface area contributed by atoms with Gasteiger partial charge >= 0.3 is 0 Å². The van der Waals surface area contributed by atoms with Crippen molar-refractivity contribution in [3.05, 3.63) is 22.4 Å². The minimum absolute atomic E-state index is 0.191. The Morgan fingerprint density at radius 1 is 1.33 bits per heavy atom. The molecule has 2 N–H and O–H groups in total. The Balaban J connectivity index is 2.15. The van der Waals surface area contributed by atoms with Crippen LogP contribution in [0, 0.1) is 0 Å². The summed E-state index contributed by atoms with van der Waals surface area (Å²) in [5.74, 6) is 0.191. The first-order valence-corrected chi connectivity index (χ1v) is 8.81. The molecule has 0 spiro atoms. The van der Waals surface area contributed by atoms with Crippen LogP contribution >= 0.6 is 11.3 Å². The molecule has 0 aliphatic rings. The van der Waals surface area contributed by atoms with Gasteiger partial charge in [0.2, 0.25) is 10.0 Å². The molecular weight excluding hydrogens is 268 g/mol. The summed E-state index contributed by atoms with van der Waals surface area (Å²) < 4.78 is 26.0. The molecular formula is C12H22N2O2S2. The molecule has 18 heavy (non-hydrogen) atoms. The smallest absolute Gasteiger partial charge is 0.211 e. The number of hydrogen-bond acceptors (Lipinski definition) is 4. The summed E-state index contributed by atoms with van der Waals surface area (Å²) in [6.07, 6.45) is 1.40. The van der Waals surface area contributed by atoms with E-state index in [0.29, 0.717) is 19.0 Å². The average molecular weight is 290 g/mol. The van der Waals surface area contributed by atoms with E-state index in [4.69, 9.17) is 0 Å². The van der Waals surface area contributed by atoms with Crippen molar-refractivity contribution >= 4 is 21.4 Å². The van der Waals surface area contributed by atoms with Crippen LogP contribution in [0.3, 0.4) is 0 Å². The van der Waals surface area contributed by atoms with Gasteiger partial charge in [-0.05, 0) is 41.8 Å². The van der Waals surface area contributed by atoms with Gasteiger partial charge in [0, 0.05) is 12.6 Å². The second-order valence-corrected chi connectivity index (χ2v) is 7.26. The van der Waals surface area contributed by atoms with E-state index >= 15 is 0 Å². The molecule has 0 radical (unpaired) electrons. The zero-order valence-electron chi connectivity index (χ0n) is 11.0. The van der Waals surface area contributed by atoms with E-state index in [-0.39, 0.29) is 5.75 Å². The van der Waals surface area contributed by atoms with Crippen molar-refractivity contribution in [1.29, 1.82) is 0 Å². The van der Waals surface area contributed by atoms with Gasteiger partial charge in [-0.1, -0.05) is 13.8 Å². The van der Waals surface area contributed by atoms with Gasteiger partial charge in [-0.15, -0.1) is 0 Å². The van der Waals surface area contributed by atoms with Crippen molar-refractivity contribution in [2.75, 3.05) is 18.8 Å². The first kappa shape index (κ1) is 15.6. The molecule has 6 heteroatoms. The van der Waals surface area contributed by atoms with Crippen molar-refractivity contribution in [3.8, 4) is 0 Å². The standard InChI is InChI=1S/C12H22N2O2S2/c1-11(2)13-6-3-9-18(15,16)14-7-4-12-5-8-17-10-12/h5,8,10-11,13-14H,3-4,6-7,9H2,1-2H3. The molecule has 0 saturated heterocycles. The van der Waals surface area contributed by atoms with Crippen LogP contribution < -0.4 is 10.0 Å². The van der Waals surface area contributed by atoms with Gasteiger partial charge in [-0.3, -0.25) is 0 Å². The molecule has 0 bridgehead atoms. The summed E-state index contributed by atoms with van der Waals surface area (Å²) in [6.45, 7) is 5.32. The second kappa shape index (κ2) is 7.89. The van der Waals surface area contributed by atoms with E-state index in [2.05, 4.69) is 10.0 Å². The van der Waals surface area contributed by atoms with E-state index < -0.39 is 10.0 Å². The quantitative estimate of drug-likeness (QED) is 0.679. The first-order chi connectivity index (χ1) is 8.49. The lowest BCUT2D eigenvalue weighted by molar-refractivity contribution is 0.561. The molecule has 0 amide bonds. The van der Waals surface area contributed by atoms with Gasteiger partial charge in [0.05, 0.1) is 5.75 Å². The summed E-state index contributed by atoms with van der Waals surface area (Å²) in [4.78, 5) is 0. The summed E-state index contributed by atoms with van der Waals surface area (Å²) in [6, 6.07) is 2.42. The predicted molar refractivity (Wildman–Crippen MR) is 77.6 cm³/mol. The molecule has 0 aliphatic carbocycles. The maximum absolute atomic E-state index is 11.7. The van der Waals surface area contributed by atoms with E-state index in [9.17, 15) is 8.42 Å². The number of hydrogen-bond donors (Lipinski definition) is 2. The van der Waals surface area contributed by atoms with Gasteiger partial charge in [-0.2, -0.15) is 11.3 Å². The third kappa shape index (κ3) is 7.10. The lowest BCUT2D eigenvalue weighted by Gasteiger charge is -2.09. The Labute approximate surface area is 114 Å². The SMILES string of the molecule is CC(C)NCCCS(=O)(=O)NCCc1ccsc1. The van der Waals surface area contributed by atoms with Crippen LogP contribution in [0.25, 0.3) is 0 Å². The van der Waals surface area contributed by atoms with Crippen LogP contribution in [-0.4, -0.2) is 33.3 Å². The van der Waals surface area contributed by atoms with E-state index in [0.717, 1.165) is 13.0 Å². The summed E-state index contributed by atoms with van der Waals surface area (Å²) in [5.41, 5.74) is 1.18. The fourth-order valence-corrected chi connectivity index (χ4v) is 3.30. The van der Waals surface area contributed by atoms with Crippen LogP contribution in [0.2, 0.25) is 0 Å². The molecule has 1 aromatic rings. The van der Waals surface area contributed by atoms with Gasteiger partial charge in [0.25, 0.3) is 0 Å². The third-order valence-corrected chi connectivity index (χ3v) is 4.66. The minimum Gasteiger partial charge on any atom is -0.314 e. The van der Waals surface area contributed by atoms with Crippen molar-refractivity contribution in [2.24, 2.45) is 0 Å². The molecule has 0 aliphatic heterocycles. The van der Waals surface area contributed by atoms with Crippen LogP contribution in [-0.2, 0) is 16.4 Å². The average Bonchev–Trinajstić information content (AvgIpc) is 2.77. The molecule has 1 rings (SSSR count). The molecule has 1 aromatic heterocycles. The van der Waals surface area contributed by atoms with Crippen molar-refractivity contribution in [1.82, 2.24) is 10.0 Å². The molecule has 0 aromatic carbocycles. The highest BCUT2D eigenvalue weighted by atomic mass is 32.2. The van der Waals surface area contributed by atoms with Crippen LogP contribution in [0.4, 0.5) is 0 Å². The maximum atomic E-state index is 11.7. The molecule has 4 nitrogen and oxygen atoms in total. The van der Waals surface area contributed by atoms with Crippen LogP contribution in [0.1, 0.15) is 25.8 Å². The molecule has 0 atom stereocenters. The second-order valence-electron chi connectivity index (χ2n) is 4.56. The predicted octanol–water partition coefficient (Wildman–Crippen LogP) is 1.60. The number of sulfonamides is 1. The molecule has 0 fully saturated rings. The fourth-order valence-electron chi connectivity index (χ4n) is 1.51. The third-order valence-electron chi connectivity index (χ3n) is 2.46. The molecule has 104 valence electrons. The van der Waals surface area contributed by atoms with E-state index in [1.807, 2.05) is 30.7 Å². The zero-order valence-corrected chi connectivity index (χ0v) is 12.6.